The molecular formula is C27H22N5NaO4S2. The molecule has 3 aromatic carbocycles. The summed E-state index contributed by atoms with van der Waals surface area (Å²) in [4.78, 5) is 17.0. The molecule has 0 radical (unpaired) electrons. The molecule has 1 N–H and O–H groups in total. The smallest absolute Gasteiger partial charge is 0.494 e. The van der Waals surface area contributed by atoms with Crippen LogP contribution in [0.5, 0.6) is 5.75 Å². The molecule has 2 heterocycles. The number of hydrogen-bond acceptors (Lipinski definition) is 7. The fourth-order valence-electron chi connectivity index (χ4n) is 3.67. The third kappa shape index (κ3) is 6.75. The largest absolute Gasteiger partial charge is 1.00 e. The summed E-state index contributed by atoms with van der Waals surface area (Å²) in [6.07, 6.45) is 1.48. The van der Waals surface area contributed by atoms with Crippen molar-refractivity contribution >= 4 is 38.1 Å². The van der Waals surface area contributed by atoms with Crippen LogP contribution >= 0.6 is 11.3 Å². The monoisotopic (exact) mass is 567 g/mol. The summed E-state index contributed by atoms with van der Waals surface area (Å²) >= 11 is 1.13. The Labute approximate surface area is 252 Å². The van der Waals surface area contributed by atoms with Crippen LogP contribution in [-0.4, -0.2) is 35.7 Å². The van der Waals surface area contributed by atoms with Gasteiger partial charge in [-0.2, -0.15) is 16.4 Å². The van der Waals surface area contributed by atoms with Crippen LogP contribution in [0.4, 0.5) is 10.8 Å². The minimum absolute atomic E-state index is 0. The van der Waals surface area contributed by atoms with Crippen LogP contribution in [0.15, 0.2) is 101 Å². The van der Waals surface area contributed by atoms with E-state index in [1.54, 1.807) is 16.1 Å². The van der Waals surface area contributed by atoms with Gasteiger partial charge in [0.1, 0.15) is 5.75 Å². The van der Waals surface area contributed by atoms with Gasteiger partial charge in [0.25, 0.3) is 5.91 Å². The van der Waals surface area contributed by atoms with Crippen LogP contribution in [0, 0.1) is 0 Å². The van der Waals surface area contributed by atoms with Crippen LogP contribution in [0.3, 0.4) is 0 Å². The molecule has 0 aliphatic heterocycles. The molecule has 0 saturated heterocycles. The number of rotatable bonds is 9. The topological polar surface area (TPSA) is 117 Å². The van der Waals surface area contributed by atoms with Gasteiger partial charge in [-0.15, -0.1) is 0 Å². The van der Waals surface area contributed by atoms with Crippen molar-refractivity contribution in [3.8, 4) is 22.7 Å². The first kappa shape index (κ1) is 28.5. The Morgan fingerprint density at radius 1 is 1.03 bits per heavy atom. The molecular weight excluding hydrogens is 545 g/mol. The number of aromatic nitrogens is 3. The van der Waals surface area contributed by atoms with Crippen molar-refractivity contribution in [3.63, 3.8) is 0 Å². The third-order valence-electron chi connectivity index (χ3n) is 5.43. The summed E-state index contributed by atoms with van der Waals surface area (Å²) in [5.41, 5.74) is 3.01. The Hall–Kier alpha value is -3.48. The average molecular weight is 568 g/mol. The predicted molar refractivity (Wildman–Crippen MR) is 147 cm³/mol. The fraction of sp³-hybridized carbons (Fsp3) is 0.0741. The second kappa shape index (κ2) is 12.6. The van der Waals surface area contributed by atoms with Crippen molar-refractivity contribution in [2.75, 3.05) is 11.9 Å². The molecule has 0 aliphatic carbocycles. The van der Waals surface area contributed by atoms with Gasteiger partial charge < -0.3 is 19.8 Å². The number of carbonyl (C=O) groups excluding carboxylic acids is 1. The predicted octanol–water partition coefficient (Wildman–Crippen LogP) is 3.04. The number of anilines is 1. The SMILES string of the molecule is CCOc1ccc(-c2cc(C(=O)Nc3ccc(S(=O)(=O)[N-]c4nccs4)cc3)nn2-c2ccccc2)cc1.[Na+]. The molecule has 0 unspecified atom stereocenters. The van der Waals surface area contributed by atoms with E-state index in [1.807, 2.05) is 61.5 Å². The maximum atomic E-state index is 13.1. The molecule has 39 heavy (non-hydrogen) atoms. The van der Waals surface area contributed by atoms with Gasteiger partial charge in [-0.3, -0.25) is 4.79 Å². The minimum atomic E-state index is -3.92. The number of nitrogens with one attached hydrogen (secondary N) is 1. The molecule has 12 heteroatoms. The molecule has 0 atom stereocenters. The number of hydrogen-bond donors (Lipinski definition) is 1. The van der Waals surface area contributed by atoms with Crippen LogP contribution in [0.2, 0.25) is 0 Å². The van der Waals surface area contributed by atoms with Gasteiger partial charge >= 0.3 is 29.6 Å². The standard InChI is InChI=1S/C27H23N5O4S2.Na/c1-2-36-22-12-8-19(9-13-22)25-18-24(30-32(25)21-6-4-3-5-7-21)26(33)29-20-10-14-23(15-11-20)38(34,35)31-27-28-16-17-37-27;/h3-18H,2H2,1H3,(H2,28,29,31,33);/q;+1/p-1. The molecule has 2 aromatic heterocycles. The average Bonchev–Trinajstić information content (AvgIpc) is 3.60. The Bertz CT molecular complexity index is 1640. The van der Waals surface area contributed by atoms with Gasteiger partial charge in [-0.1, -0.05) is 24.4 Å². The summed E-state index contributed by atoms with van der Waals surface area (Å²) in [7, 11) is -3.92. The van der Waals surface area contributed by atoms with Gasteiger partial charge in [0, 0.05) is 16.4 Å². The second-order valence-corrected chi connectivity index (χ2v) is 10.5. The summed E-state index contributed by atoms with van der Waals surface area (Å²) in [6.45, 7) is 2.49. The summed E-state index contributed by atoms with van der Waals surface area (Å²) in [6, 6.07) is 24.6. The molecule has 5 rings (SSSR count). The Morgan fingerprint density at radius 3 is 2.38 bits per heavy atom. The molecule has 9 nitrogen and oxygen atoms in total. The van der Waals surface area contributed by atoms with E-state index in [-0.39, 0.29) is 45.3 Å². The van der Waals surface area contributed by atoms with Crippen molar-refractivity contribution in [3.05, 3.63) is 107 Å². The number of amides is 1. The molecule has 0 bridgehead atoms. The Kier molecular flexibility index (Phi) is 9.20. The van der Waals surface area contributed by atoms with Crippen molar-refractivity contribution in [1.29, 1.82) is 0 Å². The van der Waals surface area contributed by atoms with Crippen molar-refractivity contribution in [2.45, 2.75) is 11.8 Å². The molecule has 0 saturated carbocycles. The van der Waals surface area contributed by atoms with Crippen molar-refractivity contribution < 1.29 is 47.5 Å². The zero-order chi connectivity index (χ0) is 26.5. The van der Waals surface area contributed by atoms with Crippen molar-refractivity contribution in [2.24, 2.45) is 0 Å². The molecule has 0 spiro atoms. The van der Waals surface area contributed by atoms with Gasteiger partial charge in [0.15, 0.2) is 5.69 Å². The van der Waals surface area contributed by atoms with E-state index in [0.29, 0.717) is 12.3 Å². The minimum Gasteiger partial charge on any atom is -0.494 e. The van der Waals surface area contributed by atoms with Crippen LogP contribution in [0.1, 0.15) is 17.4 Å². The fourth-order valence-corrected chi connectivity index (χ4v) is 5.34. The quantitative estimate of drug-likeness (QED) is 0.274. The van der Waals surface area contributed by atoms with E-state index in [4.69, 9.17) is 4.74 Å². The van der Waals surface area contributed by atoms with Gasteiger partial charge in [0.05, 0.1) is 22.9 Å². The van der Waals surface area contributed by atoms with Crippen LogP contribution < -0.4 is 39.6 Å². The van der Waals surface area contributed by atoms with Crippen molar-refractivity contribution in [1.82, 2.24) is 14.8 Å². The normalized spacial score (nSPS) is 10.9. The Balaban J connectivity index is 0.00000353. The summed E-state index contributed by atoms with van der Waals surface area (Å²) in [5, 5.41) is 9.15. The van der Waals surface area contributed by atoms with E-state index in [1.165, 1.54) is 30.5 Å². The van der Waals surface area contributed by atoms with E-state index < -0.39 is 15.9 Å². The second-order valence-electron chi connectivity index (χ2n) is 7.98. The number of ether oxygens (including phenoxy) is 1. The first-order valence-corrected chi connectivity index (χ1v) is 13.9. The Morgan fingerprint density at radius 2 is 1.74 bits per heavy atom. The molecule has 0 aliphatic rings. The number of para-hydroxylation sites is 1. The van der Waals surface area contributed by atoms with Gasteiger partial charge in [-0.25, -0.2) is 13.1 Å². The number of benzene rings is 3. The number of nitrogens with zero attached hydrogens (tertiary/aromatic N) is 4. The first-order chi connectivity index (χ1) is 18.4. The molecule has 5 aromatic rings. The molecule has 1 amide bonds. The van der Waals surface area contributed by atoms with Crippen LogP contribution in [-0.2, 0) is 10.0 Å². The van der Waals surface area contributed by atoms with E-state index in [0.717, 1.165) is 34.0 Å². The maximum Gasteiger partial charge on any atom is 1.00 e. The van der Waals surface area contributed by atoms with Gasteiger partial charge in [-0.05, 0) is 79.0 Å². The van der Waals surface area contributed by atoms with Gasteiger partial charge in [0.2, 0.25) is 10.0 Å². The van der Waals surface area contributed by atoms with Crippen LogP contribution in [0.25, 0.3) is 21.7 Å². The maximum absolute atomic E-state index is 13.1. The number of sulfonamides is 1. The number of carbonyl (C=O) groups is 1. The third-order valence-corrected chi connectivity index (χ3v) is 7.49. The first-order valence-electron chi connectivity index (χ1n) is 11.6. The summed E-state index contributed by atoms with van der Waals surface area (Å²) < 4.78 is 36.0. The van der Waals surface area contributed by atoms with E-state index in [9.17, 15) is 13.2 Å². The van der Waals surface area contributed by atoms with E-state index >= 15 is 0 Å². The molecule has 0 fully saturated rings. The number of thiazole rings is 1. The zero-order valence-electron chi connectivity index (χ0n) is 21.2. The molecule has 192 valence electrons. The van der Waals surface area contributed by atoms with E-state index in [2.05, 4.69) is 20.1 Å². The zero-order valence-corrected chi connectivity index (χ0v) is 24.8. The summed E-state index contributed by atoms with van der Waals surface area (Å²) in [5.74, 6) is 0.319.